The van der Waals surface area contributed by atoms with E-state index in [4.69, 9.17) is 28.2 Å². The molecule has 1 aliphatic heterocycles. The topological polar surface area (TPSA) is 54.3 Å². The molecule has 0 unspecified atom stereocenters. The first-order chi connectivity index (χ1) is 10.1. The van der Waals surface area contributed by atoms with Gasteiger partial charge >= 0.3 is 0 Å². The molecular formula is C14H9ClN2O2S2. The van der Waals surface area contributed by atoms with Crippen LogP contribution in [0.1, 0.15) is 5.76 Å². The molecule has 7 heteroatoms. The van der Waals surface area contributed by atoms with Crippen LogP contribution in [-0.4, -0.2) is 11.0 Å². The number of thiocarbonyl (C=S) groups is 1. The summed E-state index contributed by atoms with van der Waals surface area (Å²) in [6.07, 6.45) is 1.61. The monoisotopic (exact) mass is 336 g/mol. The highest BCUT2D eigenvalue weighted by Gasteiger charge is 2.20. The third kappa shape index (κ3) is 3.47. The Hall–Kier alpha value is -1.76. The molecule has 21 heavy (non-hydrogen) atoms. The molecule has 2 aromatic rings. The molecule has 2 heterocycles. The zero-order chi connectivity index (χ0) is 14.8. The van der Waals surface area contributed by atoms with Crippen molar-refractivity contribution in [1.82, 2.24) is 10.6 Å². The minimum Gasteiger partial charge on any atom is -0.450 e. The highest BCUT2D eigenvalue weighted by molar-refractivity contribution is 7.99. The van der Waals surface area contributed by atoms with Gasteiger partial charge in [-0.05, 0) is 48.6 Å². The minimum absolute atomic E-state index is 0.261. The van der Waals surface area contributed by atoms with Crippen molar-refractivity contribution in [2.45, 2.75) is 9.99 Å². The van der Waals surface area contributed by atoms with E-state index in [-0.39, 0.29) is 5.91 Å². The second-order valence-electron chi connectivity index (χ2n) is 4.18. The Morgan fingerprint density at radius 3 is 2.57 bits per heavy atom. The first kappa shape index (κ1) is 14.2. The number of halogens is 1. The maximum atomic E-state index is 11.5. The molecule has 0 radical (unpaired) electrons. The van der Waals surface area contributed by atoms with E-state index in [1.165, 1.54) is 11.8 Å². The molecule has 1 fully saturated rings. The summed E-state index contributed by atoms with van der Waals surface area (Å²) in [4.78, 5) is 12.5. The van der Waals surface area contributed by atoms with Crippen molar-refractivity contribution in [3.8, 4) is 0 Å². The van der Waals surface area contributed by atoms with E-state index in [0.717, 1.165) is 9.99 Å². The van der Waals surface area contributed by atoms with Crippen LogP contribution in [0.3, 0.4) is 0 Å². The molecule has 0 bridgehead atoms. The quantitative estimate of drug-likeness (QED) is 0.664. The molecule has 0 atom stereocenters. The average Bonchev–Trinajstić information content (AvgIpc) is 3.00. The summed E-state index contributed by atoms with van der Waals surface area (Å²) >= 11 is 12.2. The number of carbonyl (C=O) groups is 1. The van der Waals surface area contributed by atoms with Crippen LogP contribution in [0.15, 0.2) is 56.5 Å². The number of nitrogens with one attached hydrogen (secondary N) is 2. The van der Waals surface area contributed by atoms with Crippen LogP contribution in [-0.2, 0) is 4.79 Å². The lowest BCUT2D eigenvalue weighted by atomic mass is 10.3. The Morgan fingerprint density at radius 2 is 1.90 bits per heavy atom. The predicted molar refractivity (Wildman–Crippen MR) is 86.1 cm³/mol. The summed E-state index contributed by atoms with van der Waals surface area (Å²) in [6.45, 7) is 0. The summed E-state index contributed by atoms with van der Waals surface area (Å²) in [6, 6.07) is 11.1. The number of furan rings is 1. The summed E-state index contributed by atoms with van der Waals surface area (Å²) in [5.41, 5.74) is 0.373. The van der Waals surface area contributed by atoms with Gasteiger partial charge in [0.05, 0.1) is 0 Å². The molecular weight excluding hydrogens is 328 g/mol. The second kappa shape index (κ2) is 5.93. The minimum atomic E-state index is -0.261. The van der Waals surface area contributed by atoms with Gasteiger partial charge in [-0.25, -0.2) is 0 Å². The fourth-order valence-corrected chi connectivity index (χ4v) is 2.82. The smallest absolute Gasteiger partial charge is 0.274 e. The number of amides is 1. The summed E-state index contributed by atoms with van der Waals surface area (Å²) < 4.78 is 5.65. The van der Waals surface area contributed by atoms with E-state index in [2.05, 4.69) is 10.6 Å². The van der Waals surface area contributed by atoms with E-state index in [1.807, 2.05) is 30.3 Å². The first-order valence-electron chi connectivity index (χ1n) is 5.97. The largest absolute Gasteiger partial charge is 0.450 e. The maximum Gasteiger partial charge on any atom is 0.274 e. The molecule has 1 aromatic carbocycles. The lowest BCUT2D eigenvalue weighted by Crippen LogP contribution is -2.21. The Morgan fingerprint density at radius 1 is 1.14 bits per heavy atom. The lowest BCUT2D eigenvalue weighted by Gasteiger charge is -1.97. The zero-order valence-electron chi connectivity index (χ0n) is 10.6. The SMILES string of the molecule is O=C1NC(=S)NC1=Cc1ccc(Sc2ccc(Cl)cc2)o1. The van der Waals surface area contributed by atoms with Crippen molar-refractivity contribution < 1.29 is 9.21 Å². The van der Waals surface area contributed by atoms with Crippen molar-refractivity contribution in [1.29, 1.82) is 0 Å². The van der Waals surface area contributed by atoms with Gasteiger partial charge in [0.15, 0.2) is 10.2 Å². The first-order valence-corrected chi connectivity index (χ1v) is 7.58. The molecule has 1 saturated heterocycles. The number of hydrogen-bond donors (Lipinski definition) is 2. The Labute approximate surface area is 135 Å². The third-order valence-electron chi connectivity index (χ3n) is 2.64. The van der Waals surface area contributed by atoms with Gasteiger partial charge < -0.3 is 9.73 Å². The van der Waals surface area contributed by atoms with E-state index in [9.17, 15) is 4.79 Å². The average molecular weight is 337 g/mol. The second-order valence-corrected chi connectivity index (χ2v) is 6.10. The zero-order valence-corrected chi connectivity index (χ0v) is 12.9. The number of hydrogen-bond acceptors (Lipinski definition) is 4. The fourth-order valence-electron chi connectivity index (χ4n) is 1.71. The van der Waals surface area contributed by atoms with Gasteiger partial charge in [0.25, 0.3) is 5.91 Å². The van der Waals surface area contributed by atoms with Crippen molar-refractivity contribution >= 4 is 52.7 Å². The van der Waals surface area contributed by atoms with Gasteiger partial charge in [0.1, 0.15) is 11.5 Å². The third-order valence-corrected chi connectivity index (χ3v) is 4.03. The van der Waals surface area contributed by atoms with Gasteiger partial charge in [-0.2, -0.15) is 0 Å². The van der Waals surface area contributed by atoms with Crippen LogP contribution in [0.2, 0.25) is 5.02 Å². The molecule has 106 valence electrons. The number of carbonyl (C=O) groups excluding carboxylic acids is 1. The highest BCUT2D eigenvalue weighted by atomic mass is 35.5. The van der Waals surface area contributed by atoms with Crippen LogP contribution >= 0.6 is 35.6 Å². The standard InChI is InChI=1S/C14H9ClN2O2S2/c15-8-1-4-10(5-2-8)21-12-6-3-9(19-12)7-11-13(18)17-14(20)16-11/h1-7H,(H2,16,17,18,20). The Balaban J connectivity index is 1.74. The summed E-state index contributed by atoms with van der Waals surface area (Å²) in [7, 11) is 0. The van der Waals surface area contributed by atoms with E-state index in [0.29, 0.717) is 21.6 Å². The summed E-state index contributed by atoms with van der Waals surface area (Å²) in [5.74, 6) is 0.317. The Kier molecular flexibility index (Phi) is 4.01. The van der Waals surface area contributed by atoms with Gasteiger partial charge in [-0.3, -0.25) is 10.1 Å². The van der Waals surface area contributed by atoms with Gasteiger partial charge in [-0.1, -0.05) is 23.4 Å². The van der Waals surface area contributed by atoms with Crippen LogP contribution in [0.25, 0.3) is 6.08 Å². The predicted octanol–water partition coefficient (Wildman–Crippen LogP) is 3.43. The van der Waals surface area contributed by atoms with Gasteiger partial charge in [0.2, 0.25) is 0 Å². The fraction of sp³-hybridized carbons (Fsp3) is 0. The van der Waals surface area contributed by atoms with E-state index < -0.39 is 0 Å². The lowest BCUT2D eigenvalue weighted by molar-refractivity contribution is -0.115. The molecule has 4 nitrogen and oxygen atoms in total. The molecule has 1 aromatic heterocycles. The molecule has 0 saturated carbocycles. The van der Waals surface area contributed by atoms with Crippen molar-refractivity contribution in [3.63, 3.8) is 0 Å². The van der Waals surface area contributed by atoms with Gasteiger partial charge in [-0.15, -0.1) is 0 Å². The number of benzene rings is 1. The molecule has 1 amide bonds. The van der Waals surface area contributed by atoms with Crippen molar-refractivity contribution in [2.75, 3.05) is 0 Å². The Bertz CT molecular complexity index is 738. The van der Waals surface area contributed by atoms with Crippen LogP contribution in [0.5, 0.6) is 0 Å². The molecule has 1 aliphatic rings. The van der Waals surface area contributed by atoms with Crippen LogP contribution in [0.4, 0.5) is 0 Å². The summed E-state index contributed by atoms with van der Waals surface area (Å²) in [5, 5.41) is 6.98. The normalized spacial score (nSPS) is 16.1. The number of rotatable bonds is 3. The van der Waals surface area contributed by atoms with E-state index >= 15 is 0 Å². The van der Waals surface area contributed by atoms with Gasteiger partial charge in [0, 0.05) is 16.0 Å². The molecule has 0 aliphatic carbocycles. The highest BCUT2D eigenvalue weighted by Crippen LogP contribution is 2.30. The van der Waals surface area contributed by atoms with Crippen molar-refractivity contribution in [3.05, 3.63) is 52.9 Å². The maximum absolute atomic E-state index is 11.5. The molecule has 0 spiro atoms. The molecule has 3 rings (SSSR count). The van der Waals surface area contributed by atoms with Crippen LogP contribution in [0, 0.1) is 0 Å². The van der Waals surface area contributed by atoms with E-state index in [1.54, 1.807) is 12.1 Å². The molecule has 2 N–H and O–H groups in total. The van der Waals surface area contributed by atoms with Crippen LogP contribution < -0.4 is 10.6 Å². The van der Waals surface area contributed by atoms with Crippen molar-refractivity contribution in [2.24, 2.45) is 0 Å².